The number of benzene rings is 2. The summed E-state index contributed by atoms with van der Waals surface area (Å²) in [6, 6.07) is 17.1. The van der Waals surface area contributed by atoms with Crippen LogP contribution in [0, 0.1) is 5.92 Å². The van der Waals surface area contributed by atoms with Crippen molar-refractivity contribution in [2.75, 3.05) is 6.54 Å². The zero-order valence-electron chi connectivity index (χ0n) is 12.3. The van der Waals surface area contributed by atoms with Crippen LogP contribution in [0.3, 0.4) is 0 Å². The van der Waals surface area contributed by atoms with Gasteiger partial charge in [-0.2, -0.15) is 0 Å². The Hall–Kier alpha value is -2.71. The Morgan fingerprint density at radius 1 is 1.14 bits per heavy atom. The summed E-state index contributed by atoms with van der Waals surface area (Å²) in [4.78, 5) is 25.6. The summed E-state index contributed by atoms with van der Waals surface area (Å²) >= 11 is 0. The van der Waals surface area contributed by atoms with Crippen LogP contribution in [0.15, 0.2) is 59.6 Å². The predicted molar refractivity (Wildman–Crippen MR) is 84.4 cm³/mol. The average Bonchev–Trinajstić information content (AvgIpc) is 2.54. The summed E-state index contributed by atoms with van der Waals surface area (Å²) in [6.45, 7) is 1.92. The molecule has 0 radical (unpaired) electrons. The third kappa shape index (κ3) is 3.48. The first-order valence-electron chi connectivity index (χ1n) is 7.06. The Balaban J connectivity index is 2.49. The second kappa shape index (κ2) is 7.34. The van der Waals surface area contributed by atoms with E-state index < -0.39 is 11.9 Å². The molecule has 0 saturated carbocycles. The largest absolute Gasteiger partial charge is 0.481 e. The molecular weight excluding hydrogens is 278 g/mol. The van der Waals surface area contributed by atoms with E-state index >= 15 is 0 Å². The van der Waals surface area contributed by atoms with Gasteiger partial charge in [0.1, 0.15) is 0 Å². The molecule has 112 valence electrons. The Kier molecular flexibility index (Phi) is 5.23. The normalized spacial score (nSPS) is 13.0. The highest BCUT2D eigenvalue weighted by Crippen LogP contribution is 2.33. The molecule has 0 heterocycles. The molecule has 2 aromatic carbocycles. The fourth-order valence-electron chi connectivity index (χ4n) is 2.62. The molecule has 22 heavy (non-hydrogen) atoms. The molecule has 2 unspecified atom stereocenters. The van der Waals surface area contributed by atoms with Gasteiger partial charge in [0.05, 0.1) is 12.5 Å². The summed E-state index contributed by atoms with van der Waals surface area (Å²) in [5, 5.41) is 9.63. The third-order valence-corrected chi connectivity index (χ3v) is 3.66. The number of aliphatic imine (C=N–C) groups is 1. The van der Waals surface area contributed by atoms with Gasteiger partial charge in [0.2, 0.25) is 6.08 Å². The first-order valence-corrected chi connectivity index (χ1v) is 7.06. The lowest BCUT2D eigenvalue weighted by atomic mass is 9.83. The van der Waals surface area contributed by atoms with E-state index in [1.807, 2.05) is 54.6 Å². The molecule has 0 aliphatic heterocycles. The number of carboxylic acids is 1. The van der Waals surface area contributed by atoms with Gasteiger partial charge in [0.15, 0.2) is 0 Å². The number of nitrogens with zero attached hydrogens (tertiary/aromatic N) is 1. The van der Waals surface area contributed by atoms with Crippen LogP contribution in [0.25, 0.3) is 11.1 Å². The Morgan fingerprint density at radius 3 is 2.41 bits per heavy atom. The first-order chi connectivity index (χ1) is 10.6. The number of aliphatic carboxylic acids is 1. The van der Waals surface area contributed by atoms with Crippen molar-refractivity contribution >= 4 is 12.0 Å². The van der Waals surface area contributed by atoms with Crippen molar-refractivity contribution in [3.05, 3.63) is 60.2 Å². The molecule has 0 saturated heterocycles. The molecule has 2 aromatic rings. The van der Waals surface area contributed by atoms with Crippen molar-refractivity contribution in [1.82, 2.24) is 0 Å². The maximum absolute atomic E-state index is 11.7. The number of carbonyl (C=O) groups is 1. The molecule has 0 fully saturated rings. The average molecular weight is 295 g/mol. The summed E-state index contributed by atoms with van der Waals surface area (Å²) in [5.74, 6) is -1.95. The van der Waals surface area contributed by atoms with E-state index in [0.29, 0.717) is 0 Å². The van der Waals surface area contributed by atoms with Crippen molar-refractivity contribution in [1.29, 1.82) is 0 Å². The maximum atomic E-state index is 11.7. The molecule has 1 N–H and O–H groups in total. The lowest BCUT2D eigenvalue weighted by Gasteiger charge is -2.21. The van der Waals surface area contributed by atoms with Gasteiger partial charge in [-0.3, -0.25) is 4.79 Å². The molecular formula is C18H17NO3. The lowest BCUT2D eigenvalue weighted by molar-refractivity contribution is -0.139. The fraction of sp³-hybridized carbons (Fsp3) is 0.222. The molecule has 0 amide bonds. The fourth-order valence-corrected chi connectivity index (χ4v) is 2.62. The quantitative estimate of drug-likeness (QED) is 0.655. The van der Waals surface area contributed by atoms with Gasteiger partial charge in [-0.15, -0.1) is 0 Å². The third-order valence-electron chi connectivity index (χ3n) is 3.66. The number of hydrogen-bond donors (Lipinski definition) is 1. The predicted octanol–water partition coefficient (Wildman–Crippen LogP) is 3.49. The van der Waals surface area contributed by atoms with E-state index in [0.717, 1.165) is 16.7 Å². The van der Waals surface area contributed by atoms with E-state index in [1.165, 1.54) is 6.08 Å². The van der Waals surface area contributed by atoms with Crippen molar-refractivity contribution in [3.8, 4) is 11.1 Å². The highest BCUT2D eigenvalue weighted by atomic mass is 16.4. The minimum Gasteiger partial charge on any atom is -0.481 e. The topological polar surface area (TPSA) is 66.7 Å². The molecule has 0 aromatic heterocycles. The standard InChI is InChI=1S/C18H17NO3/c1-13(11-19-12-20)17(18(21)22)16-10-6-5-9-15(16)14-7-3-2-4-8-14/h2-10,13,17H,11H2,1H3,(H,21,22). The van der Waals surface area contributed by atoms with Crippen molar-refractivity contribution < 1.29 is 14.7 Å². The Morgan fingerprint density at radius 2 is 1.77 bits per heavy atom. The number of isocyanates is 1. The zero-order chi connectivity index (χ0) is 15.9. The van der Waals surface area contributed by atoms with Gasteiger partial charge in [-0.05, 0) is 22.6 Å². The first kappa shape index (κ1) is 15.7. The van der Waals surface area contributed by atoms with Crippen LogP contribution in [0.5, 0.6) is 0 Å². The van der Waals surface area contributed by atoms with Gasteiger partial charge in [-0.1, -0.05) is 61.5 Å². The van der Waals surface area contributed by atoms with E-state index in [-0.39, 0.29) is 12.5 Å². The molecule has 2 rings (SSSR count). The number of carboxylic acid groups (broad SMARTS) is 1. The van der Waals surface area contributed by atoms with Gasteiger partial charge < -0.3 is 5.11 Å². The lowest BCUT2D eigenvalue weighted by Crippen LogP contribution is -2.22. The van der Waals surface area contributed by atoms with Crippen LogP contribution < -0.4 is 0 Å². The van der Waals surface area contributed by atoms with E-state index in [1.54, 1.807) is 6.92 Å². The molecule has 0 aliphatic carbocycles. The monoisotopic (exact) mass is 295 g/mol. The van der Waals surface area contributed by atoms with E-state index in [2.05, 4.69) is 4.99 Å². The van der Waals surface area contributed by atoms with Gasteiger partial charge in [0.25, 0.3) is 0 Å². The van der Waals surface area contributed by atoms with Crippen LogP contribution in [0.2, 0.25) is 0 Å². The second-order valence-corrected chi connectivity index (χ2v) is 5.18. The summed E-state index contributed by atoms with van der Waals surface area (Å²) < 4.78 is 0. The minimum absolute atomic E-state index is 0.142. The summed E-state index contributed by atoms with van der Waals surface area (Å²) in [7, 11) is 0. The molecule has 2 atom stereocenters. The summed E-state index contributed by atoms with van der Waals surface area (Å²) in [6.07, 6.45) is 1.47. The van der Waals surface area contributed by atoms with Crippen molar-refractivity contribution in [2.45, 2.75) is 12.8 Å². The second-order valence-electron chi connectivity index (χ2n) is 5.18. The Bertz CT molecular complexity index is 690. The minimum atomic E-state index is -0.919. The van der Waals surface area contributed by atoms with Crippen LogP contribution in [-0.2, 0) is 9.59 Å². The smallest absolute Gasteiger partial charge is 0.311 e. The number of rotatable bonds is 6. The number of hydrogen-bond acceptors (Lipinski definition) is 3. The van der Waals surface area contributed by atoms with Crippen molar-refractivity contribution in [2.24, 2.45) is 10.9 Å². The molecule has 4 nitrogen and oxygen atoms in total. The van der Waals surface area contributed by atoms with Crippen LogP contribution in [0.4, 0.5) is 0 Å². The maximum Gasteiger partial charge on any atom is 0.311 e. The van der Waals surface area contributed by atoms with Crippen LogP contribution in [0.1, 0.15) is 18.4 Å². The van der Waals surface area contributed by atoms with Crippen molar-refractivity contribution in [3.63, 3.8) is 0 Å². The van der Waals surface area contributed by atoms with Gasteiger partial charge in [0, 0.05) is 0 Å². The van der Waals surface area contributed by atoms with E-state index in [4.69, 9.17) is 0 Å². The van der Waals surface area contributed by atoms with Crippen LogP contribution in [-0.4, -0.2) is 23.7 Å². The molecule has 0 bridgehead atoms. The van der Waals surface area contributed by atoms with Gasteiger partial charge in [-0.25, -0.2) is 9.79 Å². The zero-order valence-corrected chi connectivity index (χ0v) is 12.3. The van der Waals surface area contributed by atoms with Gasteiger partial charge >= 0.3 is 5.97 Å². The number of carbonyl (C=O) groups excluding carboxylic acids is 1. The van der Waals surface area contributed by atoms with E-state index in [9.17, 15) is 14.7 Å². The molecule has 0 aliphatic rings. The highest BCUT2D eigenvalue weighted by Gasteiger charge is 2.28. The summed E-state index contributed by atoms with van der Waals surface area (Å²) in [5.41, 5.74) is 2.59. The molecule has 4 heteroatoms. The molecule has 0 spiro atoms. The SMILES string of the molecule is CC(CN=C=O)C(C(=O)O)c1ccccc1-c1ccccc1. The highest BCUT2D eigenvalue weighted by molar-refractivity contribution is 5.81. The van der Waals surface area contributed by atoms with Crippen LogP contribution >= 0.6 is 0 Å². The Labute approximate surface area is 129 Å².